The molecule has 2 aromatic carbocycles. The lowest BCUT2D eigenvalue weighted by molar-refractivity contribution is 0.117. The molecule has 0 fully saturated rings. The minimum Gasteiger partial charge on any atom is -0.494 e. The van der Waals surface area contributed by atoms with Gasteiger partial charge in [0.25, 0.3) is 0 Å². The maximum absolute atomic E-state index is 14.2. The maximum atomic E-state index is 14.2. The lowest BCUT2D eigenvalue weighted by Gasteiger charge is -2.19. The number of methoxy groups -OCH3 is 2. The Kier molecular flexibility index (Phi) is 9.71. The highest BCUT2D eigenvalue weighted by molar-refractivity contribution is 7.91. The predicted molar refractivity (Wildman–Crippen MR) is 165 cm³/mol. The van der Waals surface area contributed by atoms with E-state index in [0.717, 1.165) is 11.1 Å². The van der Waals surface area contributed by atoms with Gasteiger partial charge in [-0.25, -0.2) is 18.4 Å². The van der Waals surface area contributed by atoms with Crippen molar-refractivity contribution in [1.82, 2.24) is 24.7 Å². The molecular weight excluding hydrogens is 582 g/mol. The van der Waals surface area contributed by atoms with Gasteiger partial charge in [-0.3, -0.25) is 4.57 Å². The number of sulfone groups is 1. The first-order valence-corrected chi connectivity index (χ1v) is 15.8. The van der Waals surface area contributed by atoms with Gasteiger partial charge >= 0.3 is 0 Å². The monoisotopic (exact) mass is 617 g/mol. The van der Waals surface area contributed by atoms with Gasteiger partial charge in [0.1, 0.15) is 34.5 Å². The third-order valence-corrected chi connectivity index (χ3v) is 9.17. The normalized spacial score (nSPS) is 12.3. The fraction of sp³-hybridized carbons (Fsp3) is 0.312. The summed E-state index contributed by atoms with van der Waals surface area (Å²) in [7, 11) is -0.797. The molecule has 0 saturated carbocycles. The fourth-order valence-corrected chi connectivity index (χ4v) is 6.47. The van der Waals surface area contributed by atoms with E-state index in [-0.39, 0.29) is 25.3 Å². The van der Waals surface area contributed by atoms with E-state index in [1.54, 1.807) is 47.3 Å². The average molecular weight is 618 g/mol. The first kappa shape index (κ1) is 30.9. The Hall–Kier alpha value is -4.55. The number of hydrogen-bond acceptors (Lipinski definition) is 10. The van der Waals surface area contributed by atoms with Crippen LogP contribution in [0.25, 0.3) is 17.3 Å². The zero-order chi connectivity index (χ0) is 31.1. The molecule has 1 atom stereocenters. The highest BCUT2D eigenvalue weighted by Crippen LogP contribution is 2.37. The second-order valence-electron chi connectivity index (χ2n) is 10.3. The summed E-state index contributed by atoms with van der Waals surface area (Å²) >= 11 is 0. The van der Waals surface area contributed by atoms with E-state index in [9.17, 15) is 8.42 Å². The molecule has 44 heavy (non-hydrogen) atoms. The minimum absolute atomic E-state index is 0.119. The van der Waals surface area contributed by atoms with Gasteiger partial charge in [0.05, 0.1) is 26.1 Å². The van der Waals surface area contributed by atoms with Gasteiger partial charge in [0.2, 0.25) is 5.82 Å². The molecule has 0 aliphatic carbocycles. The lowest BCUT2D eigenvalue weighted by Crippen LogP contribution is -2.29. The van der Waals surface area contributed by atoms with Gasteiger partial charge in [-0.05, 0) is 55.7 Å². The van der Waals surface area contributed by atoms with Gasteiger partial charge in [-0.1, -0.05) is 36.4 Å². The molecular formula is C32H35N5O6S. The molecule has 3 aromatic heterocycles. The van der Waals surface area contributed by atoms with Crippen molar-refractivity contribution in [2.75, 3.05) is 20.8 Å². The topological polar surface area (TPSA) is 131 Å². The predicted octanol–water partition coefficient (Wildman–Crippen LogP) is 5.08. The first-order valence-electron chi connectivity index (χ1n) is 14.1. The number of hydrogen-bond donors (Lipinski definition) is 0. The van der Waals surface area contributed by atoms with Gasteiger partial charge in [-0.2, -0.15) is 0 Å². The molecule has 0 saturated heterocycles. The summed E-state index contributed by atoms with van der Waals surface area (Å²) in [6.07, 6.45) is 3.72. The van der Waals surface area contributed by atoms with Crippen molar-refractivity contribution in [2.45, 2.75) is 44.3 Å². The van der Waals surface area contributed by atoms with Crippen molar-refractivity contribution < 1.29 is 27.0 Å². The van der Waals surface area contributed by atoms with Crippen molar-refractivity contribution in [1.29, 1.82) is 0 Å². The van der Waals surface area contributed by atoms with Crippen molar-refractivity contribution >= 4 is 9.84 Å². The van der Waals surface area contributed by atoms with Gasteiger partial charge in [0, 0.05) is 25.4 Å². The van der Waals surface area contributed by atoms with Crippen LogP contribution in [0.1, 0.15) is 35.0 Å². The van der Waals surface area contributed by atoms with Crippen LogP contribution in [0, 0.1) is 13.8 Å². The third kappa shape index (κ3) is 7.14. The Morgan fingerprint density at radius 2 is 1.59 bits per heavy atom. The summed E-state index contributed by atoms with van der Waals surface area (Å²) in [6, 6.07) is 18.6. The lowest BCUT2D eigenvalue weighted by atomic mass is 10.2. The first-order chi connectivity index (χ1) is 21.3. The number of nitrogens with zero attached hydrogens (tertiary/aromatic N) is 5. The van der Waals surface area contributed by atoms with E-state index < -0.39 is 20.8 Å². The third-order valence-electron chi connectivity index (χ3n) is 7.09. The standard InChI is InChI=1S/C32H35N5O6S/c1-22-18-33-29(34-19-22)17-25(15-16-42-20-24-9-6-5-7-10-24)44(38,39)21-30-35-36-32(28-14-13-23(2)43-28)37(30)31-26(40-3)11-8-12-27(31)41-4/h5-14,18-19,25H,15-17,20-21H2,1-4H3/t25-/m0/s1. The number of rotatable bonds is 14. The zero-order valence-corrected chi connectivity index (χ0v) is 26.0. The van der Waals surface area contributed by atoms with E-state index in [2.05, 4.69) is 20.2 Å². The Labute approximate surface area is 256 Å². The summed E-state index contributed by atoms with van der Waals surface area (Å²) < 4.78 is 53.1. The Morgan fingerprint density at radius 3 is 2.23 bits per heavy atom. The molecule has 230 valence electrons. The highest BCUT2D eigenvalue weighted by Gasteiger charge is 2.32. The molecule has 5 aromatic rings. The van der Waals surface area contributed by atoms with Crippen LogP contribution in [-0.2, 0) is 33.4 Å². The average Bonchev–Trinajstić information content (AvgIpc) is 3.64. The number of para-hydroxylation sites is 1. The number of furan rings is 1. The fourth-order valence-electron chi connectivity index (χ4n) is 4.83. The summed E-state index contributed by atoms with van der Waals surface area (Å²) in [5.74, 6) is 2.50. The molecule has 0 radical (unpaired) electrons. The Balaban J connectivity index is 1.50. The van der Waals surface area contributed by atoms with Crippen LogP contribution in [0.5, 0.6) is 11.5 Å². The van der Waals surface area contributed by atoms with Crippen molar-refractivity contribution in [3.05, 3.63) is 102 Å². The molecule has 11 nitrogen and oxygen atoms in total. The number of ether oxygens (including phenoxy) is 3. The van der Waals surface area contributed by atoms with Crippen LogP contribution in [0.4, 0.5) is 0 Å². The smallest absolute Gasteiger partial charge is 0.204 e. The number of aryl methyl sites for hydroxylation is 2. The van der Waals surface area contributed by atoms with Gasteiger partial charge in [-0.15, -0.1) is 10.2 Å². The Bertz CT molecular complexity index is 1760. The van der Waals surface area contributed by atoms with E-state index in [0.29, 0.717) is 47.0 Å². The van der Waals surface area contributed by atoms with E-state index in [1.807, 2.05) is 44.2 Å². The number of aromatic nitrogens is 5. The quantitative estimate of drug-likeness (QED) is 0.155. The van der Waals surface area contributed by atoms with E-state index in [4.69, 9.17) is 18.6 Å². The van der Waals surface area contributed by atoms with Crippen LogP contribution in [0.2, 0.25) is 0 Å². The van der Waals surface area contributed by atoms with Crippen LogP contribution < -0.4 is 9.47 Å². The molecule has 12 heteroatoms. The summed E-state index contributed by atoms with van der Waals surface area (Å²) in [6.45, 7) is 4.31. The molecule has 0 spiro atoms. The Morgan fingerprint density at radius 1 is 0.886 bits per heavy atom. The van der Waals surface area contributed by atoms with Crippen LogP contribution in [-0.4, -0.2) is 59.2 Å². The molecule has 3 heterocycles. The van der Waals surface area contributed by atoms with Gasteiger partial charge < -0.3 is 18.6 Å². The summed E-state index contributed by atoms with van der Waals surface area (Å²) in [5.41, 5.74) is 2.36. The van der Waals surface area contributed by atoms with Crippen molar-refractivity contribution in [3.63, 3.8) is 0 Å². The largest absolute Gasteiger partial charge is 0.494 e. The zero-order valence-electron chi connectivity index (χ0n) is 25.1. The molecule has 0 aliphatic rings. The summed E-state index contributed by atoms with van der Waals surface area (Å²) in [4.78, 5) is 8.75. The minimum atomic E-state index is -3.86. The van der Waals surface area contributed by atoms with Crippen LogP contribution in [0.3, 0.4) is 0 Å². The molecule has 0 unspecified atom stereocenters. The van der Waals surface area contributed by atoms with E-state index in [1.165, 1.54) is 14.2 Å². The molecule has 5 rings (SSSR count). The summed E-state index contributed by atoms with van der Waals surface area (Å²) in [5, 5.41) is 7.87. The van der Waals surface area contributed by atoms with E-state index >= 15 is 0 Å². The molecule has 0 N–H and O–H groups in total. The maximum Gasteiger partial charge on any atom is 0.204 e. The second kappa shape index (κ2) is 13.8. The number of benzene rings is 2. The highest BCUT2D eigenvalue weighted by atomic mass is 32.2. The van der Waals surface area contributed by atoms with Gasteiger partial charge in [0.15, 0.2) is 21.4 Å². The van der Waals surface area contributed by atoms with Crippen molar-refractivity contribution in [2.24, 2.45) is 0 Å². The van der Waals surface area contributed by atoms with Crippen LogP contribution in [0.15, 0.2) is 77.5 Å². The SMILES string of the molecule is COc1cccc(OC)c1-n1c(CS(=O)(=O)[C@@H](CCOCc2ccccc2)Cc2ncc(C)cn2)nnc1-c1ccc(C)o1. The molecule has 0 aliphatic heterocycles. The second-order valence-corrected chi connectivity index (χ2v) is 12.6. The molecule has 0 bridgehead atoms. The van der Waals surface area contributed by atoms with Crippen molar-refractivity contribution in [3.8, 4) is 28.8 Å². The molecule has 0 amide bonds. The van der Waals surface area contributed by atoms with Crippen LogP contribution >= 0.6 is 0 Å².